The van der Waals surface area contributed by atoms with Crippen LogP contribution in [0.15, 0.2) is 47.7 Å². The normalized spacial score (nSPS) is 16.0. The van der Waals surface area contributed by atoms with E-state index in [2.05, 4.69) is 48.9 Å². The second-order valence-electron chi connectivity index (χ2n) is 8.88. The van der Waals surface area contributed by atoms with Gasteiger partial charge in [-0.15, -0.1) is 0 Å². The average Bonchev–Trinajstić information content (AvgIpc) is 2.72. The van der Waals surface area contributed by atoms with Gasteiger partial charge in [0, 0.05) is 37.7 Å². The fraction of sp³-hybridized carbons (Fsp3) is 0.440. The van der Waals surface area contributed by atoms with Gasteiger partial charge >= 0.3 is 0 Å². The summed E-state index contributed by atoms with van der Waals surface area (Å²) in [6, 6.07) is 8.66. The first-order chi connectivity index (χ1) is 13.9. The van der Waals surface area contributed by atoms with Crippen molar-refractivity contribution in [2.45, 2.75) is 40.2 Å². The molecule has 0 unspecified atom stereocenters. The van der Waals surface area contributed by atoms with Crippen molar-refractivity contribution in [3.8, 4) is 11.1 Å². The van der Waals surface area contributed by atoms with Gasteiger partial charge in [-0.3, -0.25) is 14.7 Å². The molecule has 152 valence electrons. The van der Waals surface area contributed by atoms with E-state index in [9.17, 15) is 4.79 Å². The summed E-state index contributed by atoms with van der Waals surface area (Å²) in [4.78, 5) is 19.2. The van der Waals surface area contributed by atoms with Crippen LogP contribution in [0.4, 0.5) is 0 Å². The lowest BCUT2D eigenvalue weighted by atomic mass is 9.86. The molecule has 0 saturated carbocycles. The highest BCUT2D eigenvalue weighted by Gasteiger charge is 2.22. The van der Waals surface area contributed by atoms with Gasteiger partial charge in [0.15, 0.2) is 0 Å². The number of likely N-dealkylation sites (tertiary alicyclic amines) is 1. The zero-order valence-corrected chi connectivity index (χ0v) is 18.0. The van der Waals surface area contributed by atoms with Gasteiger partial charge in [0.25, 0.3) is 5.56 Å². The summed E-state index contributed by atoms with van der Waals surface area (Å²) >= 11 is 0. The van der Waals surface area contributed by atoms with E-state index in [1.807, 2.05) is 12.3 Å². The van der Waals surface area contributed by atoms with E-state index in [4.69, 9.17) is 0 Å². The van der Waals surface area contributed by atoms with E-state index in [-0.39, 0.29) is 5.56 Å². The first-order valence-electron chi connectivity index (χ1n) is 10.7. The molecule has 0 aliphatic carbocycles. The Morgan fingerprint density at radius 3 is 2.59 bits per heavy atom. The smallest absolute Gasteiger partial charge is 0.259 e. The zero-order valence-electron chi connectivity index (χ0n) is 18.0. The monoisotopic (exact) mass is 389 g/mol. The summed E-state index contributed by atoms with van der Waals surface area (Å²) in [7, 11) is 1.81. The summed E-state index contributed by atoms with van der Waals surface area (Å²) in [5.41, 5.74) is 4.93. The number of piperidine rings is 1. The van der Waals surface area contributed by atoms with E-state index >= 15 is 0 Å². The van der Waals surface area contributed by atoms with Gasteiger partial charge in [0.1, 0.15) is 0 Å². The van der Waals surface area contributed by atoms with Crippen molar-refractivity contribution in [1.82, 2.24) is 14.5 Å². The Labute approximate surface area is 173 Å². The predicted molar refractivity (Wildman–Crippen MR) is 120 cm³/mol. The van der Waals surface area contributed by atoms with Gasteiger partial charge in [0.2, 0.25) is 0 Å². The number of hydrogen-bond donors (Lipinski definition) is 0. The summed E-state index contributed by atoms with van der Waals surface area (Å²) in [5, 5.41) is 1.63. The van der Waals surface area contributed by atoms with Gasteiger partial charge in [-0.05, 0) is 72.8 Å². The van der Waals surface area contributed by atoms with Crippen LogP contribution < -0.4 is 5.56 Å². The lowest BCUT2D eigenvalue weighted by molar-refractivity contribution is 0.152. The van der Waals surface area contributed by atoms with Crippen molar-refractivity contribution in [3.63, 3.8) is 0 Å². The fourth-order valence-corrected chi connectivity index (χ4v) is 4.60. The fourth-order valence-electron chi connectivity index (χ4n) is 4.60. The Hall–Kier alpha value is -2.46. The minimum Gasteiger partial charge on any atom is -0.317 e. The summed E-state index contributed by atoms with van der Waals surface area (Å²) in [5.74, 6) is 1.67. The Kier molecular flexibility index (Phi) is 5.55. The number of hydrogen-bond acceptors (Lipinski definition) is 3. The van der Waals surface area contributed by atoms with Gasteiger partial charge in [-0.2, -0.15) is 0 Å². The van der Waals surface area contributed by atoms with Crippen molar-refractivity contribution >= 4 is 10.8 Å². The van der Waals surface area contributed by atoms with Crippen LogP contribution in [0.1, 0.15) is 37.8 Å². The van der Waals surface area contributed by atoms with Crippen molar-refractivity contribution in [3.05, 3.63) is 64.3 Å². The third-order valence-corrected chi connectivity index (χ3v) is 6.61. The molecule has 29 heavy (non-hydrogen) atoms. The standard InChI is InChI=1S/C25H31N3O/c1-17(2)19-8-11-28(12-9-19)15-21-6-5-20(13-18(21)3)24-16-27(4)25(29)23-14-26-10-7-22(23)24/h5-7,10,13-14,16-17,19H,8-9,11-12,15H2,1-4H3. The van der Waals surface area contributed by atoms with Crippen LogP contribution in [-0.4, -0.2) is 27.5 Å². The molecule has 2 aromatic heterocycles. The molecule has 1 aromatic carbocycles. The van der Waals surface area contributed by atoms with Gasteiger partial charge in [0.05, 0.1) is 5.39 Å². The van der Waals surface area contributed by atoms with Crippen LogP contribution >= 0.6 is 0 Å². The van der Waals surface area contributed by atoms with Crippen LogP contribution in [0, 0.1) is 18.8 Å². The van der Waals surface area contributed by atoms with Gasteiger partial charge < -0.3 is 4.57 Å². The minimum absolute atomic E-state index is 0.00464. The highest BCUT2D eigenvalue weighted by Crippen LogP contribution is 2.29. The molecule has 0 radical (unpaired) electrons. The summed E-state index contributed by atoms with van der Waals surface area (Å²) in [6.45, 7) is 10.3. The molecular formula is C25H31N3O. The molecule has 1 aliphatic heterocycles. The second-order valence-corrected chi connectivity index (χ2v) is 8.88. The number of aromatic nitrogens is 2. The maximum atomic E-state index is 12.4. The number of fused-ring (bicyclic) bond motifs is 1. The first kappa shape index (κ1) is 19.8. The first-order valence-corrected chi connectivity index (χ1v) is 10.7. The summed E-state index contributed by atoms with van der Waals surface area (Å²) < 4.78 is 1.65. The molecule has 0 bridgehead atoms. The molecule has 0 amide bonds. The highest BCUT2D eigenvalue weighted by molar-refractivity contribution is 5.95. The lowest BCUT2D eigenvalue weighted by Gasteiger charge is -2.34. The maximum Gasteiger partial charge on any atom is 0.259 e. The van der Waals surface area contributed by atoms with Crippen LogP contribution in [-0.2, 0) is 13.6 Å². The third-order valence-electron chi connectivity index (χ3n) is 6.61. The topological polar surface area (TPSA) is 38.1 Å². The van der Waals surface area contributed by atoms with Crippen molar-refractivity contribution in [2.24, 2.45) is 18.9 Å². The Morgan fingerprint density at radius 2 is 1.90 bits per heavy atom. The number of rotatable bonds is 4. The molecule has 4 rings (SSSR count). The number of aryl methyl sites for hydroxylation is 2. The number of nitrogens with zero attached hydrogens (tertiary/aromatic N) is 3. The van der Waals surface area contributed by atoms with Crippen LogP contribution in [0.5, 0.6) is 0 Å². The molecule has 1 saturated heterocycles. The molecule has 3 aromatic rings. The molecule has 0 atom stereocenters. The van der Waals surface area contributed by atoms with E-state index in [0.717, 1.165) is 34.9 Å². The quantitative estimate of drug-likeness (QED) is 0.645. The van der Waals surface area contributed by atoms with Crippen molar-refractivity contribution in [1.29, 1.82) is 0 Å². The third kappa shape index (κ3) is 3.99. The maximum absolute atomic E-state index is 12.4. The Bertz CT molecular complexity index is 1080. The van der Waals surface area contributed by atoms with E-state index in [1.165, 1.54) is 37.1 Å². The Morgan fingerprint density at radius 1 is 1.14 bits per heavy atom. The molecule has 3 heterocycles. The van der Waals surface area contributed by atoms with E-state index in [0.29, 0.717) is 5.39 Å². The van der Waals surface area contributed by atoms with Crippen LogP contribution in [0.3, 0.4) is 0 Å². The highest BCUT2D eigenvalue weighted by atomic mass is 16.1. The van der Waals surface area contributed by atoms with Crippen molar-refractivity contribution < 1.29 is 0 Å². The number of benzene rings is 1. The summed E-state index contributed by atoms with van der Waals surface area (Å²) in [6.07, 6.45) is 7.99. The van der Waals surface area contributed by atoms with Crippen LogP contribution in [0.25, 0.3) is 21.9 Å². The molecule has 0 spiro atoms. The molecule has 1 fully saturated rings. The van der Waals surface area contributed by atoms with E-state index < -0.39 is 0 Å². The second kappa shape index (κ2) is 8.11. The lowest BCUT2D eigenvalue weighted by Crippen LogP contribution is -2.34. The molecule has 0 N–H and O–H groups in total. The van der Waals surface area contributed by atoms with Gasteiger partial charge in [-0.1, -0.05) is 32.0 Å². The molecule has 1 aliphatic rings. The minimum atomic E-state index is -0.00464. The Balaban J connectivity index is 1.60. The van der Waals surface area contributed by atoms with E-state index in [1.54, 1.807) is 24.0 Å². The van der Waals surface area contributed by atoms with Gasteiger partial charge in [-0.25, -0.2) is 0 Å². The van der Waals surface area contributed by atoms with Crippen LogP contribution in [0.2, 0.25) is 0 Å². The predicted octanol–water partition coefficient (Wildman–Crippen LogP) is 4.78. The van der Waals surface area contributed by atoms with Crippen molar-refractivity contribution in [2.75, 3.05) is 13.1 Å². The molecule has 4 nitrogen and oxygen atoms in total. The largest absolute Gasteiger partial charge is 0.317 e. The molecule has 4 heteroatoms. The molecular weight excluding hydrogens is 358 g/mol. The average molecular weight is 390 g/mol. The SMILES string of the molecule is Cc1cc(-c2cn(C)c(=O)c3cnccc23)ccc1CN1CCC(C(C)C)CC1. The zero-order chi connectivity index (χ0) is 20.5. The number of pyridine rings is 2.